The fraction of sp³-hybridized carbons (Fsp3) is 0.556. The Morgan fingerprint density at radius 2 is 2.00 bits per heavy atom. The van der Waals surface area contributed by atoms with Crippen molar-refractivity contribution in [2.75, 3.05) is 7.11 Å². The summed E-state index contributed by atoms with van der Waals surface area (Å²) < 4.78 is 0. The van der Waals surface area contributed by atoms with Gasteiger partial charge >= 0.3 is 0 Å². The van der Waals surface area contributed by atoms with Crippen molar-refractivity contribution in [3.63, 3.8) is 0 Å². The van der Waals surface area contributed by atoms with Gasteiger partial charge in [0.1, 0.15) is 5.82 Å². The molecule has 0 radical (unpaired) electrons. The van der Waals surface area contributed by atoms with Crippen LogP contribution in [-0.2, 0) is 11.4 Å². The first-order chi connectivity index (χ1) is 6.24. The molecular weight excluding hydrogens is 166 g/mol. The molecule has 0 aliphatic rings. The van der Waals surface area contributed by atoms with E-state index in [0.717, 1.165) is 11.4 Å². The molecule has 0 unspecified atom stereocenters. The van der Waals surface area contributed by atoms with E-state index < -0.39 is 0 Å². The number of hydrogen-bond acceptors (Lipinski definition) is 4. The van der Waals surface area contributed by atoms with Crippen LogP contribution >= 0.6 is 0 Å². The fourth-order valence-corrected chi connectivity index (χ4v) is 0.910. The zero-order chi connectivity index (χ0) is 9.68. The zero-order valence-corrected chi connectivity index (χ0v) is 8.24. The summed E-state index contributed by atoms with van der Waals surface area (Å²) in [6, 6.07) is 0. The van der Waals surface area contributed by atoms with Gasteiger partial charge in [0, 0.05) is 30.4 Å². The topological polar surface area (TPSA) is 47.0 Å². The molecule has 0 aliphatic carbocycles. The molecular formula is C9H15N3O. The number of hydrogen-bond donors (Lipinski definition) is 1. The van der Waals surface area contributed by atoms with Crippen LogP contribution in [0.1, 0.15) is 31.2 Å². The number of aromatic nitrogens is 2. The van der Waals surface area contributed by atoms with Gasteiger partial charge in [0.25, 0.3) is 0 Å². The van der Waals surface area contributed by atoms with E-state index in [2.05, 4.69) is 29.3 Å². The minimum atomic E-state index is 0.379. The minimum absolute atomic E-state index is 0.379. The predicted molar refractivity (Wildman–Crippen MR) is 50.0 cm³/mol. The van der Waals surface area contributed by atoms with Crippen molar-refractivity contribution in [1.82, 2.24) is 15.4 Å². The predicted octanol–water partition coefficient (Wildman–Crippen LogP) is 1.25. The molecule has 0 saturated carbocycles. The van der Waals surface area contributed by atoms with Crippen molar-refractivity contribution in [3.8, 4) is 0 Å². The van der Waals surface area contributed by atoms with E-state index in [9.17, 15) is 0 Å². The maximum atomic E-state index is 4.72. The normalized spacial score (nSPS) is 10.8. The molecule has 0 atom stereocenters. The lowest BCUT2D eigenvalue weighted by Crippen LogP contribution is -2.11. The Labute approximate surface area is 78.3 Å². The van der Waals surface area contributed by atoms with Gasteiger partial charge in [0.05, 0.1) is 7.11 Å². The summed E-state index contributed by atoms with van der Waals surface area (Å²) in [6.45, 7) is 4.78. The molecule has 0 spiro atoms. The lowest BCUT2D eigenvalue weighted by molar-refractivity contribution is 0.0865. The highest BCUT2D eigenvalue weighted by molar-refractivity contribution is 5.05. The molecule has 0 bridgehead atoms. The minimum Gasteiger partial charge on any atom is -0.305 e. The maximum absolute atomic E-state index is 4.72. The first-order valence-electron chi connectivity index (χ1n) is 4.30. The van der Waals surface area contributed by atoms with Crippen LogP contribution in [0.4, 0.5) is 0 Å². The molecule has 72 valence electrons. The second-order valence-electron chi connectivity index (χ2n) is 3.13. The third-order valence-electron chi connectivity index (χ3n) is 1.66. The highest BCUT2D eigenvalue weighted by atomic mass is 16.6. The van der Waals surface area contributed by atoms with Crippen molar-refractivity contribution in [2.45, 2.75) is 26.3 Å². The van der Waals surface area contributed by atoms with Gasteiger partial charge in [0.2, 0.25) is 0 Å². The van der Waals surface area contributed by atoms with Crippen LogP contribution in [0.5, 0.6) is 0 Å². The molecule has 1 N–H and O–H groups in total. The molecule has 1 rings (SSSR count). The van der Waals surface area contributed by atoms with Gasteiger partial charge in [-0.05, 0) is 0 Å². The quantitative estimate of drug-likeness (QED) is 0.710. The van der Waals surface area contributed by atoms with Gasteiger partial charge < -0.3 is 4.84 Å². The van der Waals surface area contributed by atoms with E-state index in [1.807, 2.05) is 12.4 Å². The third kappa shape index (κ3) is 3.08. The summed E-state index contributed by atoms with van der Waals surface area (Å²) in [7, 11) is 1.59. The zero-order valence-electron chi connectivity index (χ0n) is 8.24. The first kappa shape index (κ1) is 10.1. The lowest BCUT2D eigenvalue weighted by atomic mass is 10.2. The van der Waals surface area contributed by atoms with Crippen molar-refractivity contribution in [2.24, 2.45) is 0 Å². The number of nitrogens with one attached hydrogen (secondary N) is 1. The summed E-state index contributed by atoms with van der Waals surface area (Å²) >= 11 is 0. The molecule has 1 aromatic rings. The molecule has 0 aliphatic heterocycles. The van der Waals surface area contributed by atoms with E-state index in [0.29, 0.717) is 12.5 Å². The summed E-state index contributed by atoms with van der Waals surface area (Å²) in [5.41, 5.74) is 3.75. The summed E-state index contributed by atoms with van der Waals surface area (Å²) in [5.74, 6) is 1.26. The van der Waals surface area contributed by atoms with Gasteiger partial charge in [0.15, 0.2) is 0 Å². The van der Waals surface area contributed by atoms with Crippen LogP contribution in [0, 0.1) is 0 Å². The Hall–Kier alpha value is -1.00. The highest BCUT2D eigenvalue weighted by Crippen LogP contribution is 2.07. The number of rotatable bonds is 4. The maximum Gasteiger partial charge on any atom is 0.130 e. The van der Waals surface area contributed by atoms with Crippen molar-refractivity contribution in [1.29, 1.82) is 0 Å². The van der Waals surface area contributed by atoms with E-state index in [-0.39, 0.29) is 0 Å². The molecule has 4 heteroatoms. The molecule has 0 fully saturated rings. The van der Waals surface area contributed by atoms with Crippen LogP contribution in [0.2, 0.25) is 0 Å². The van der Waals surface area contributed by atoms with E-state index in [1.54, 1.807) is 7.11 Å². The Balaban J connectivity index is 2.59. The van der Waals surface area contributed by atoms with Gasteiger partial charge in [-0.15, -0.1) is 0 Å². The van der Waals surface area contributed by atoms with Crippen LogP contribution < -0.4 is 5.48 Å². The highest BCUT2D eigenvalue weighted by Gasteiger charge is 2.01. The fourth-order valence-electron chi connectivity index (χ4n) is 0.910. The standard InChI is InChI=1S/C9H15N3O/c1-7(2)9-10-4-8(5-11-9)6-12-13-3/h4-5,7,12H,6H2,1-3H3. The second kappa shape index (κ2) is 4.89. The van der Waals surface area contributed by atoms with Crippen molar-refractivity contribution < 1.29 is 4.84 Å². The SMILES string of the molecule is CONCc1cnc(C(C)C)nc1. The average Bonchev–Trinajstić information content (AvgIpc) is 2.15. The van der Waals surface area contributed by atoms with Crippen molar-refractivity contribution >= 4 is 0 Å². The summed E-state index contributed by atoms with van der Waals surface area (Å²) in [4.78, 5) is 13.2. The Kier molecular flexibility index (Phi) is 3.79. The molecule has 0 amide bonds. The third-order valence-corrected chi connectivity index (χ3v) is 1.66. The molecule has 1 heterocycles. The lowest BCUT2D eigenvalue weighted by Gasteiger charge is -2.04. The van der Waals surface area contributed by atoms with E-state index >= 15 is 0 Å². The van der Waals surface area contributed by atoms with E-state index in [1.165, 1.54) is 0 Å². The molecule has 0 aromatic carbocycles. The Morgan fingerprint density at radius 3 is 2.46 bits per heavy atom. The smallest absolute Gasteiger partial charge is 0.130 e. The van der Waals surface area contributed by atoms with E-state index in [4.69, 9.17) is 4.84 Å². The Morgan fingerprint density at radius 1 is 1.38 bits per heavy atom. The van der Waals surface area contributed by atoms with Crippen LogP contribution in [0.3, 0.4) is 0 Å². The van der Waals surface area contributed by atoms with Gasteiger partial charge in [-0.1, -0.05) is 13.8 Å². The molecule has 4 nitrogen and oxygen atoms in total. The monoisotopic (exact) mass is 181 g/mol. The summed E-state index contributed by atoms with van der Waals surface area (Å²) in [6.07, 6.45) is 3.63. The Bertz CT molecular complexity index is 246. The van der Waals surface area contributed by atoms with Crippen LogP contribution in [0.15, 0.2) is 12.4 Å². The largest absolute Gasteiger partial charge is 0.305 e. The molecule has 13 heavy (non-hydrogen) atoms. The van der Waals surface area contributed by atoms with Gasteiger partial charge in [-0.3, -0.25) is 0 Å². The summed E-state index contributed by atoms with van der Waals surface area (Å²) in [5, 5.41) is 0. The van der Waals surface area contributed by atoms with Crippen molar-refractivity contribution in [3.05, 3.63) is 23.8 Å². The van der Waals surface area contributed by atoms with Gasteiger partial charge in [-0.2, -0.15) is 5.48 Å². The first-order valence-corrected chi connectivity index (χ1v) is 4.30. The number of nitrogens with zero attached hydrogens (tertiary/aromatic N) is 2. The molecule has 0 saturated heterocycles. The van der Waals surface area contributed by atoms with Gasteiger partial charge in [-0.25, -0.2) is 9.97 Å². The second-order valence-corrected chi connectivity index (χ2v) is 3.13. The van der Waals surface area contributed by atoms with Crippen LogP contribution in [0.25, 0.3) is 0 Å². The number of hydroxylamine groups is 1. The van der Waals surface area contributed by atoms with Crippen LogP contribution in [-0.4, -0.2) is 17.1 Å². The average molecular weight is 181 g/mol. The molecule has 1 aromatic heterocycles.